The second-order valence-corrected chi connectivity index (χ2v) is 5.15. The number of hydrogen-bond donors (Lipinski definition) is 0. The van der Waals surface area contributed by atoms with Crippen molar-refractivity contribution < 1.29 is 14.3 Å². The molecule has 116 valence electrons. The molecule has 1 aromatic carbocycles. The van der Waals surface area contributed by atoms with Crippen LogP contribution in [-0.4, -0.2) is 30.0 Å². The quantitative estimate of drug-likeness (QED) is 0.765. The van der Waals surface area contributed by atoms with Crippen molar-refractivity contribution in [3.63, 3.8) is 0 Å². The van der Waals surface area contributed by atoms with Crippen molar-refractivity contribution in [1.82, 2.24) is 9.97 Å². The summed E-state index contributed by atoms with van der Waals surface area (Å²) in [6, 6.07) is 5.34. The van der Waals surface area contributed by atoms with Crippen molar-refractivity contribution in [2.75, 3.05) is 14.2 Å². The van der Waals surface area contributed by atoms with Crippen LogP contribution in [0.25, 0.3) is 0 Å². The van der Waals surface area contributed by atoms with Gasteiger partial charge in [0.25, 0.3) is 11.8 Å². The van der Waals surface area contributed by atoms with Gasteiger partial charge >= 0.3 is 0 Å². The number of carbonyl (C=O) groups is 1. The summed E-state index contributed by atoms with van der Waals surface area (Å²) in [5, 5.41) is 0.584. The Bertz CT molecular complexity index is 689. The molecule has 22 heavy (non-hydrogen) atoms. The van der Waals surface area contributed by atoms with Crippen LogP contribution in [-0.2, 0) is 12.8 Å². The summed E-state index contributed by atoms with van der Waals surface area (Å²) in [6.07, 6.45) is 3.01. The molecular formula is C16H17ClN2O3. The summed E-state index contributed by atoms with van der Waals surface area (Å²) in [5.41, 5.74) is 2.35. The van der Waals surface area contributed by atoms with Gasteiger partial charge in [0.15, 0.2) is 5.78 Å². The maximum absolute atomic E-state index is 11.3. The molecule has 0 bridgehead atoms. The summed E-state index contributed by atoms with van der Waals surface area (Å²) in [5.74, 6) is 0.715. The minimum Gasteiger partial charge on any atom is -0.477 e. The summed E-state index contributed by atoms with van der Waals surface area (Å²) < 4.78 is 10.2. The van der Waals surface area contributed by atoms with Gasteiger partial charge in [-0.1, -0.05) is 23.7 Å². The summed E-state index contributed by atoms with van der Waals surface area (Å²) >= 11 is 6.21. The van der Waals surface area contributed by atoms with E-state index >= 15 is 0 Å². The molecule has 2 rings (SSSR count). The highest BCUT2D eigenvalue weighted by Crippen LogP contribution is 2.23. The van der Waals surface area contributed by atoms with E-state index in [1.165, 1.54) is 21.1 Å². The summed E-state index contributed by atoms with van der Waals surface area (Å²) in [6.45, 7) is 1.52. The van der Waals surface area contributed by atoms with Gasteiger partial charge in [-0.15, -0.1) is 0 Å². The second kappa shape index (κ2) is 7.22. The lowest BCUT2D eigenvalue weighted by Gasteiger charge is -2.08. The number of hydrogen-bond acceptors (Lipinski definition) is 5. The molecule has 0 saturated heterocycles. The lowest BCUT2D eigenvalue weighted by Crippen LogP contribution is -2.02. The zero-order valence-corrected chi connectivity index (χ0v) is 13.5. The molecule has 0 aliphatic heterocycles. The van der Waals surface area contributed by atoms with Crippen LogP contribution in [0.3, 0.4) is 0 Å². The van der Waals surface area contributed by atoms with Gasteiger partial charge in [-0.05, 0) is 31.4 Å². The molecule has 0 unspecified atom stereocenters. The Morgan fingerprint density at radius 2 is 1.91 bits per heavy atom. The number of rotatable bonds is 6. The third-order valence-corrected chi connectivity index (χ3v) is 3.61. The largest absolute Gasteiger partial charge is 0.477 e. The minimum absolute atomic E-state index is 0.000734. The molecule has 0 radical (unpaired) electrons. The molecule has 1 aromatic heterocycles. The number of nitrogens with zero attached hydrogens (tertiary/aromatic N) is 2. The molecular weight excluding hydrogens is 304 g/mol. The maximum Gasteiger partial charge on any atom is 0.278 e. The Kier molecular flexibility index (Phi) is 5.33. The Morgan fingerprint density at radius 1 is 1.18 bits per heavy atom. The van der Waals surface area contributed by atoms with E-state index < -0.39 is 0 Å². The first-order valence-electron chi connectivity index (χ1n) is 6.78. The minimum atomic E-state index is -0.000734. The lowest BCUT2D eigenvalue weighted by atomic mass is 10.0. The number of aromatic nitrogens is 2. The van der Waals surface area contributed by atoms with Gasteiger partial charge in [-0.25, -0.2) is 9.97 Å². The van der Waals surface area contributed by atoms with Crippen molar-refractivity contribution in [3.8, 4) is 11.8 Å². The van der Waals surface area contributed by atoms with Crippen LogP contribution >= 0.6 is 11.6 Å². The number of halogens is 1. The van der Waals surface area contributed by atoms with Gasteiger partial charge < -0.3 is 9.47 Å². The average Bonchev–Trinajstić information content (AvgIpc) is 2.53. The SMILES string of the molecule is COc1ncc(CCc2ccc(C(C)=O)cc2Cl)nc1OC. The van der Waals surface area contributed by atoms with E-state index in [0.29, 0.717) is 35.2 Å². The lowest BCUT2D eigenvalue weighted by molar-refractivity contribution is 0.101. The van der Waals surface area contributed by atoms with Crippen molar-refractivity contribution in [3.05, 3.63) is 46.2 Å². The van der Waals surface area contributed by atoms with Crippen molar-refractivity contribution >= 4 is 17.4 Å². The standard InChI is InChI=1S/C16H17ClN2O3/c1-10(20)12-5-4-11(14(17)8-12)6-7-13-9-18-15(21-2)16(19-13)22-3/h4-5,8-9H,6-7H2,1-3H3. The normalized spacial score (nSPS) is 10.4. The third kappa shape index (κ3) is 3.74. The number of aryl methyl sites for hydroxylation is 2. The molecule has 0 aliphatic rings. The third-order valence-electron chi connectivity index (χ3n) is 3.26. The van der Waals surface area contributed by atoms with Gasteiger partial charge in [-0.3, -0.25) is 4.79 Å². The van der Waals surface area contributed by atoms with Gasteiger partial charge in [0.05, 0.1) is 26.1 Å². The van der Waals surface area contributed by atoms with Gasteiger partial charge in [0.2, 0.25) is 0 Å². The molecule has 6 heteroatoms. The van der Waals surface area contributed by atoms with Crippen LogP contribution in [0.5, 0.6) is 11.8 Å². The maximum atomic E-state index is 11.3. The number of ether oxygens (including phenoxy) is 2. The average molecular weight is 321 g/mol. The molecule has 2 aromatic rings. The highest BCUT2D eigenvalue weighted by molar-refractivity contribution is 6.31. The number of carbonyl (C=O) groups excluding carboxylic acids is 1. The molecule has 0 N–H and O–H groups in total. The van der Waals surface area contributed by atoms with Crippen LogP contribution in [0, 0.1) is 0 Å². The first-order valence-corrected chi connectivity index (χ1v) is 7.16. The topological polar surface area (TPSA) is 61.3 Å². The summed E-state index contributed by atoms with van der Waals surface area (Å²) in [7, 11) is 3.04. The van der Waals surface area contributed by atoms with Crippen molar-refractivity contribution in [2.24, 2.45) is 0 Å². The van der Waals surface area contributed by atoms with E-state index in [1.807, 2.05) is 6.07 Å². The van der Waals surface area contributed by atoms with E-state index in [0.717, 1.165) is 11.3 Å². The molecule has 1 heterocycles. The van der Waals surface area contributed by atoms with E-state index in [1.54, 1.807) is 18.3 Å². The first-order chi connectivity index (χ1) is 10.5. The Morgan fingerprint density at radius 3 is 2.50 bits per heavy atom. The van der Waals surface area contributed by atoms with Crippen LogP contribution in [0.2, 0.25) is 5.02 Å². The van der Waals surface area contributed by atoms with E-state index in [-0.39, 0.29) is 5.78 Å². The molecule has 5 nitrogen and oxygen atoms in total. The van der Waals surface area contributed by atoms with Crippen LogP contribution < -0.4 is 9.47 Å². The highest BCUT2D eigenvalue weighted by atomic mass is 35.5. The van der Waals surface area contributed by atoms with E-state index in [2.05, 4.69) is 9.97 Å². The fourth-order valence-electron chi connectivity index (χ4n) is 2.02. The van der Waals surface area contributed by atoms with Crippen LogP contribution in [0.15, 0.2) is 24.4 Å². The zero-order chi connectivity index (χ0) is 16.1. The molecule has 0 aliphatic carbocycles. The van der Waals surface area contributed by atoms with E-state index in [4.69, 9.17) is 21.1 Å². The van der Waals surface area contributed by atoms with Crippen molar-refractivity contribution in [1.29, 1.82) is 0 Å². The smallest absolute Gasteiger partial charge is 0.278 e. The zero-order valence-electron chi connectivity index (χ0n) is 12.7. The Hall–Kier alpha value is -2.14. The molecule has 0 fully saturated rings. The summed E-state index contributed by atoms with van der Waals surface area (Å²) in [4.78, 5) is 19.8. The molecule has 0 spiro atoms. The number of benzene rings is 1. The first kappa shape index (κ1) is 16.2. The van der Waals surface area contributed by atoms with Crippen LogP contribution in [0.4, 0.5) is 0 Å². The van der Waals surface area contributed by atoms with Gasteiger partial charge in [0.1, 0.15) is 0 Å². The predicted molar refractivity (Wildman–Crippen MR) is 84.0 cm³/mol. The molecule has 0 atom stereocenters. The van der Waals surface area contributed by atoms with Crippen molar-refractivity contribution in [2.45, 2.75) is 19.8 Å². The second-order valence-electron chi connectivity index (χ2n) is 4.74. The Balaban J connectivity index is 2.11. The monoisotopic (exact) mass is 320 g/mol. The van der Waals surface area contributed by atoms with Gasteiger partial charge in [-0.2, -0.15) is 0 Å². The van der Waals surface area contributed by atoms with E-state index in [9.17, 15) is 4.79 Å². The van der Waals surface area contributed by atoms with Gasteiger partial charge in [0, 0.05) is 10.6 Å². The fraction of sp³-hybridized carbons (Fsp3) is 0.312. The number of ketones is 1. The fourth-order valence-corrected chi connectivity index (χ4v) is 2.30. The number of Topliss-reactive ketones (excluding diaryl/α,β-unsaturated/α-hetero) is 1. The number of methoxy groups -OCH3 is 2. The van der Waals surface area contributed by atoms with Crippen LogP contribution in [0.1, 0.15) is 28.5 Å². The molecule has 0 amide bonds. The molecule has 0 saturated carbocycles. The predicted octanol–water partition coefficient (Wildman–Crippen LogP) is 3.14. The Labute approximate surface area is 134 Å². The highest BCUT2D eigenvalue weighted by Gasteiger charge is 2.10.